The van der Waals surface area contributed by atoms with Crippen molar-refractivity contribution in [3.8, 4) is 11.1 Å². The van der Waals surface area contributed by atoms with E-state index >= 15 is 0 Å². The van der Waals surface area contributed by atoms with Crippen LogP contribution in [0.2, 0.25) is 0 Å². The number of nitrogens with one attached hydrogen (secondary N) is 1. The van der Waals surface area contributed by atoms with Crippen LogP contribution < -0.4 is 5.32 Å². The molecule has 10 nitrogen and oxygen atoms in total. The van der Waals surface area contributed by atoms with Gasteiger partial charge in [0.2, 0.25) is 0 Å². The molecule has 2 amide bonds. The number of carboxylic acid groups (broad SMARTS) is 1. The van der Waals surface area contributed by atoms with Gasteiger partial charge in [0, 0.05) is 13.0 Å². The molecule has 0 radical (unpaired) electrons. The van der Waals surface area contributed by atoms with E-state index in [2.05, 4.69) is 10.4 Å². The maximum absolute atomic E-state index is 12.8. The second-order valence-corrected chi connectivity index (χ2v) is 8.48. The van der Waals surface area contributed by atoms with Crippen LogP contribution in [0.3, 0.4) is 0 Å². The van der Waals surface area contributed by atoms with Crippen molar-refractivity contribution in [2.75, 3.05) is 25.0 Å². The fraction of sp³-hybridized carbons (Fsp3) is 0.250. The molecule has 1 aliphatic heterocycles. The van der Waals surface area contributed by atoms with Gasteiger partial charge in [0.1, 0.15) is 18.0 Å². The Morgan fingerprint density at radius 1 is 1.09 bits per heavy atom. The number of aryl methyl sites for hydroxylation is 1. The van der Waals surface area contributed by atoms with Crippen LogP contribution in [0.25, 0.3) is 11.1 Å². The second-order valence-electron chi connectivity index (χ2n) is 8.48. The Morgan fingerprint density at radius 2 is 1.68 bits per heavy atom. The van der Waals surface area contributed by atoms with E-state index in [4.69, 9.17) is 9.84 Å². The molecule has 1 aliphatic carbocycles. The van der Waals surface area contributed by atoms with Crippen LogP contribution in [-0.2, 0) is 16.6 Å². The molecule has 0 bridgehead atoms. The lowest BCUT2D eigenvalue weighted by Gasteiger charge is -2.43. The number of aliphatic carboxylic acids is 1. The van der Waals surface area contributed by atoms with Gasteiger partial charge in [0.25, 0.3) is 5.91 Å². The van der Waals surface area contributed by atoms with Crippen molar-refractivity contribution in [3.63, 3.8) is 0 Å². The average molecular weight is 462 g/mol. The van der Waals surface area contributed by atoms with Crippen molar-refractivity contribution in [3.05, 3.63) is 71.4 Å². The Balaban J connectivity index is 1.27. The number of hydrogen-bond acceptors (Lipinski definition) is 6. The van der Waals surface area contributed by atoms with Gasteiger partial charge >= 0.3 is 12.1 Å². The Labute approximate surface area is 194 Å². The molecule has 3 N–H and O–H groups in total. The lowest BCUT2D eigenvalue weighted by Crippen LogP contribution is -2.67. The first-order valence-corrected chi connectivity index (χ1v) is 10.7. The van der Waals surface area contributed by atoms with Crippen molar-refractivity contribution in [1.29, 1.82) is 0 Å². The van der Waals surface area contributed by atoms with Gasteiger partial charge in [-0.15, -0.1) is 0 Å². The molecule has 2 aromatic carbocycles. The fourth-order valence-corrected chi connectivity index (χ4v) is 4.51. The molecule has 10 heteroatoms. The molecular formula is C24H22N4O6. The normalized spacial score (nSPS) is 15.8. The van der Waals surface area contributed by atoms with E-state index in [9.17, 15) is 19.5 Å². The molecule has 1 saturated heterocycles. The maximum Gasteiger partial charge on any atom is 0.412 e. The first-order valence-electron chi connectivity index (χ1n) is 10.7. The summed E-state index contributed by atoms with van der Waals surface area (Å²) in [5.74, 6) is -1.93. The number of rotatable bonds is 5. The smallest absolute Gasteiger partial charge is 0.412 e. The molecule has 2 aliphatic rings. The van der Waals surface area contributed by atoms with Gasteiger partial charge in [-0.2, -0.15) is 5.10 Å². The van der Waals surface area contributed by atoms with Crippen molar-refractivity contribution in [1.82, 2.24) is 14.7 Å². The van der Waals surface area contributed by atoms with E-state index in [-0.39, 0.29) is 37.0 Å². The molecule has 34 heavy (non-hydrogen) atoms. The van der Waals surface area contributed by atoms with E-state index < -0.39 is 23.6 Å². The summed E-state index contributed by atoms with van der Waals surface area (Å²) in [6.07, 6.45) is 0.532. The predicted octanol–water partition coefficient (Wildman–Crippen LogP) is 2.05. The summed E-state index contributed by atoms with van der Waals surface area (Å²) in [5.41, 5.74) is 2.50. The number of amides is 2. The minimum atomic E-state index is -1.96. The number of carbonyl (C=O) groups is 3. The third-order valence-corrected chi connectivity index (χ3v) is 6.32. The van der Waals surface area contributed by atoms with Crippen LogP contribution in [0, 0.1) is 0 Å². The quantitative estimate of drug-likeness (QED) is 0.528. The lowest BCUT2D eigenvalue weighted by atomic mass is 9.94. The molecule has 3 aromatic rings. The van der Waals surface area contributed by atoms with Crippen molar-refractivity contribution in [2.45, 2.75) is 11.5 Å². The maximum atomic E-state index is 12.8. The minimum Gasteiger partial charge on any atom is -0.479 e. The highest BCUT2D eigenvalue weighted by atomic mass is 16.5. The molecule has 0 atom stereocenters. The van der Waals surface area contributed by atoms with E-state index in [0.29, 0.717) is 0 Å². The molecule has 1 aromatic heterocycles. The molecule has 174 valence electrons. The Morgan fingerprint density at radius 3 is 2.26 bits per heavy atom. The van der Waals surface area contributed by atoms with Gasteiger partial charge < -0.3 is 19.8 Å². The van der Waals surface area contributed by atoms with Crippen molar-refractivity contribution in [2.24, 2.45) is 7.05 Å². The molecule has 2 heterocycles. The van der Waals surface area contributed by atoms with E-state index in [0.717, 1.165) is 22.3 Å². The fourth-order valence-electron chi connectivity index (χ4n) is 4.51. The number of benzene rings is 2. The summed E-state index contributed by atoms with van der Waals surface area (Å²) in [7, 11) is 1.56. The van der Waals surface area contributed by atoms with E-state index in [1.54, 1.807) is 7.05 Å². The number of aromatic nitrogens is 2. The third kappa shape index (κ3) is 3.48. The van der Waals surface area contributed by atoms with Gasteiger partial charge in [0.15, 0.2) is 5.60 Å². The summed E-state index contributed by atoms with van der Waals surface area (Å²) in [6.45, 7) is -0.584. The third-order valence-electron chi connectivity index (χ3n) is 6.32. The summed E-state index contributed by atoms with van der Waals surface area (Å²) < 4.78 is 6.85. The Kier molecular flexibility index (Phi) is 5.09. The number of aliphatic hydroxyl groups is 1. The number of ether oxygens (including phenoxy) is 1. The zero-order valence-corrected chi connectivity index (χ0v) is 18.3. The number of anilines is 1. The van der Waals surface area contributed by atoms with Crippen LogP contribution in [0.5, 0.6) is 0 Å². The van der Waals surface area contributed by atoms with Crippen LogP contribution in [0.4, 0.5) is 10.6 Å². The molecule has 5 rings (SSSR count). The van der Waals surface area contributed by atoms with Gasteiger partial charge in [-0.3, -0.25) is 14.8 Å². The second kappa shape index (κ2) is 7.99. The van der Waals surface area contributed by atoms with Crippen LogP contribution in [0.15, 0.2) is 54.7 Å². The van der Waals surface area contributed by atoms with Crippen molar-refractivity contribution < 1.29 is 29.3 Å². The van der Waals surface area contributed by atoms with Crippen LogP contribution in [0.1, 0.15) is 27.4 Å². The molecule has 0 spiro atoms. The number of β-amino-alcohol motifs (C(OH)–C–C–N with tert-alkyl or cyclic N) is 1. The zero-order chi connectivity index (χ0) is 24.0. The molecular weight excluding hydrogens is 440 g/mol. The average Bonchev–Trinajstić information content (AvgIpc) is 3.32. The van der Waals surface area contributed by atoms with E-state index in [1.807, 2.05) is 48.5 Å². The standard InChI is InChI=1S/C24H22N4O6/c1-27-20(18(10-25-27)21(29)28-12-24(33,13-28)22(30)31)26-23(32)34-11-19-16-8-4-2-6-14(16)15-7-3-5-9-17(15)19/h2-10,19,33H,11-13H2,1H3,(H,26,32)(H,30,31). The number of carbonyl (C=O) groups excluding carboxylic acids is 2. The SMILES string of the molecule is Cn1ncc(C(=O)N2CC(O)(C(=O)O)C2)c1NC(=O)OCC1c2ccccc2-c2ccccc21. The number of carboxylic acids is 1. The Bertz CT molecular complexity index is 1260. The topological polar surface area (TPSA) is 134 Å². The first-order chi connectivity index (χ1) is 16.3. The van der Waals surface area contributed by atoms with Crippen LogP contribution in [-0.4, -0.2) is 68.2 Å². The molecule has 1 fully saturated rings. The van der Waals surface area contributed by atoms with Crippen LogP contribution >= 0.6 is 0 Å². The lowest BCUT2D eigenvalue weighted by molar-refractivity contribution is -0.173. The number of fused-ring (bicyclic) bond motifs is 3. The highest BCUT2D eigenvalue weighted by Gasteiger charge is 2.50. The summed E-state index contributed by atoms with van der Waals surface area (Å²) in [4.78, 5) is 37.7. The Hall–Kier alpha value is -4.18. The largest absolute Gasteiger partial charge is 0.479 e. The molecule has 0 saturated carbocycles. The van der Waals surface area contributed by atoms with Gasteiger partial charge in [-0.05, 0) is 22.3 Å². The number of likely N-dealkylation sites (tertiary alicyclic amines) is 1. The minimum absolute atomic E-state index is 0.0726. The predicted molar refractivity (Wildman–Crippen MR) is 120 cm³/mol. The first kappa shape index (κ1) is 21.7. The summed E-state index contributed by atoms with van der Waals surface area (Å²) >= 11 is 0. The number of hydrogen-bond donors (Lipinski definition) is 3. The van der Waals surface area contributed by atoms with Gasteiger partial charge in [-0.1, -0.05) is 48.5 Å². The highest BCUT2D eigenvalue weighted by Crippen LogP contribution is 2.44. The zero-order valence-electron chi connectivity index (χ0n) is 18.3. The summed E-state index contributed by atoms with van der Waals surface area (Å²) in [5, 5.41) is 25.5. The van der Waals surface area contributed by atoms with Gasteiger partial charge in [0.05, 0.1) is 19.3 Å². The number of nitrogens with zero attached hydrogens (tertiary/aromatic N) is 3. The van der Waals surface area contributed by atoms with E-state index in [1.165, 1.54) is 15.8 Å². The molecule has 0 unspecified atom stereocenters. The van der Waals surface area contributed by atoms with Crippen molar-refractivity contribution >= 4 is 23.8 Å². The van der Waals surface area contributed by atoms with Gasteiger partial charge in [-0.25, -0.2) is 9.59 Å². The summed E-state index contributed by atoms with van der Waals surface area (Å²) in [6, 6.07) is 16.0. The highest BCUT2D eigenvalue weighted by molar-refractivity contribution is 6.03. The monoisotopic (exact) mass is 462 g/mol.